The van der Waals surface area contributed by atoms with Gasteiger partial charge in [0.15, 0.2) is 5.78 Å². The van der Waals surface area contributed by atoms with E-state index in [4.69, 9.17) is 16.3 Å². The molecule has 0 saturated heterocycles. The van der Waals surface area contributed by atoms with Crippen molar-refractivity contribution in [2.45, 2.75) is 6.92 Å². The Hall–Kier alpha value is -1.39. The van der Waals surface area contributed by atoms with Gasteiger partial charge in [-0.1, -0.05) is 11.6 Å². The number of hydrogen-bond acceptors (Lipinski definition) is 3. The SMILES string of the molecule is CC(=O)c1ccc(Oc2cncc(Br)c2)c(Cl)c1. The van der Waals surface area contributed by atoms with Crippen LogP contribution >= 0.6 is 27.5 Å². The van der Waals surface area contributed by atoms with Crippen molar-refractivity contribution in [1.82, 2.24) is 4.98 Å². The highest BCUT2D eigenvalue weighted by Gasteiger charge is 2.07. The molecule has 1 aromatic heterocycles. The summed E-state index contributed by atoms with van der Waals surface area (Å²) in [6, 6.07) is 6.71. The number of Topliss-reactive ketones (excluding diaryl/α,β-unsaturated/α-hetero) is 1. The van der Waals surface area contributed by atoms with E-state index in [1.807, 2.05) is 0 Å². The Morgan fingerprint density at radius 3 is 2.72 bits per heavy atom. The Labute approximate surface area is 118 Å². The van der Waals surface area contributed by atoms with Crippen molar-refractivity contribution in [2.24, 2.45) is 0 Å². The van der Waals surface area contributed by atoms with Gasteiger partial charge in [-0.05, 0) is 47.1 Å². The standard InChI is InChI=1S/C13H9BrClNO2/c1-8(17)9-2-3-13(12(15)4-9)18-11-5-10(14)6-16-7-11/h2-7H,1H3. The van der Waals surface area contributed by atoms with E-state index in [0.29, 0.717) is 22.1 Å². The molecule has 18 heavy (non-hydrogen) atoms. The van der Waals surface area contributed by atoms with E-state index in [9.17, 15) is 4.79 Å². The number of hydrogen-bond donors (Lipinski definition) is 0. The van der Waals surface area contributed by atoms with Crippen LogP contribution in [0.15, 0.2) is 41.1 Å². The molecule has 0 spiro atoms. The summed E-state index contributed by atoms with van der Waals surface area (Å²) in [5.74, 6) is 1.02. The molecule has 92 valence electrons. The van der Waals surface area contributed by atoms with Gasteiger partial charge in [0.2, 0.25) is 0 Å². The van der Waals surface area contributed by atoms with Gasteiger partial charge >= 0.3 is 0 Å². The number of pyridine rings is 1. The molecule has 0 radical (unpaired) electrons. The van der Waals surface area contributed by atoms with E-state index in [0.717, 1.165) is 4.47 Å². The molecule has 0 bridgehead atoms. The van der Waals surface area contributed by atoms with Crippen LogP contribution in [0.25, 0.3) is 0 Å². The summed E-state index contributed by atoms with van der Waals surface area (Å²) in [6.07, 6.45) is 3.24. The highest BCUT2D eigenvalue weighted by atomic mass is 79.9. The lowest BCUT2D eigenvalue weighted by Gasteiger charge is -2.08. The molecule has 1 heterocycles. The van der Waals surface area contributed by atoms with Crippen molar-refractivity contribution in [2.75, 3.05) is 0 Å². The first-order valence-corrected chi connectivity index (χ1v) is 6.32. The molecular formula is C13H9BrClNO2. The van der Waals surface area contributed by atoms with E-state index >= 15 is 0 Å². The van der Waals surface area contributed by atoms with Gasteiger partial charge in [-0.15, -0.1) is 0 Å². The lowest BCUT2D eigenvalue weighted by atomic mass is 10.1. The van der Waals surface area contributed by atoms with E-state index in [1.165, 1.54) is 6.92 Å². The minimum Gasteiger partial charge on any atom is -0.454 e. The zero-order valence-corrected chi connectivity index (χ0v) is 11.8. The molecule has 0 N–H and O–H groups in total. The smallest absolute Gasteiger partial charge is 0.159 e. The average Bonchev–Trinajstić information content (AvgIpc) is 2.31. The highest BCUT2D eigenvalue weighted by molar-refractivity contribution is 9.10. The van der Waals surface area contributed by atoms with Crippen LogP contribution in [0.2, 0.25) is 5.02 Å². The number of rotatable bonds is 3. The molecule has 3 nitrogen and oxygen atoms in total. The van der Waals surface area contributed by atoms with E-state index in [-0.39, 0.29) is 5.78 Å². The highest BCUT2D eigenvalue weighted by Crippen LogP contribution is 2.30. The van der Waals surface area contributed by atoms with Gasteiger partial charge in [0.1, 0.15) is 11.5 Å². The molecule has 0 atom stereocenters. The largest absolute Gasteiger partial charge is 0.454 e. The van der Waals surface area contributed by atoms with Crippen molar-refractivity contribution in [3.63, 3.8) is 0 Å². The topological polar surface area (TPSA) is 39.2 Å². The molecule has 2 rings (SSSR count). The number of carbonyl (C=O) groups excluding carboxylic acids is 1. The molecule has 0 aliphatic rings. The second-order valence-corrected chi connectivity index (χ2v) is 4.97. The third kappa shape index (κ3) is 3.09. The van der Waals surface area contributed by atoms with Crippen LogP contribution in [0.4, 0.5) is 0 Å². The number of ether oxygens (including phenoxy) is 1. The first kappa shape index (κ1) is 13.1. The first-order valence-electron chi connectivity index (χ1n) is 5.15. The van der Waals surface area contributed by atoms with Gasteiger partial charge in [-0.2, -0.15) is 0 Å². The lowest BCUT2D eigenvalue weighted by Crippen LogP contribution is -1.93. The summed E-state index contributed by atoms with van der Waals surface area (Å²) in [5, 5.41) is 0.391. The van der Waals surface area contributed by atoms with E-state index in [1.54, 1.807) is 36.7 Å². The van der Waals surface area contributed by atoms with Crippen molar-refractivity contribution < 1.29 is 9.53 Å². The zero-order valence-electron chi connectivity index (χ0n) is 9.48. The van der Waals surface area contributed by atoms with Crippen LogP contribution in [-0.4, -0.2) is 10.8 Å². The van der Waals surface area contributed by atoms with Crippen molar-refractivity contribution >= 4 is 33.3 Å². The van der Waals surface area contributed by atoms with Crippen LogP contribution in [0.1, 0.15) is 17.3 Å². The minimum absolute atomic E-state index is 0.0347. The first-order chi connectivity index (χ1) is 8.56. The molecule has 5 heteroatoms. The van der Waals surface area contributed by atoms with Gasteiger partial charge in [0.05, 0.1) is 11.2 Å². The van der Waals surface area contributed by atoms with Gasteiger partial charge in [-0.25, -0.2) is 0 Å². The normalized spacial score (nSPS) is 10.2. The summed E-state index contributed by atoms with van der Waals surface area (Å²) in [7, 11) is 0. The van der Waals surface area contributed by atoms with Gasteiger partial charge in [-0.3, -0.25) is 9.78 Å². The van der Waals surface area contributed by atoms with Gasteiger partial charge < -0.3 is 4.74 Å². The van der Waals surface area contributed by atoms with Crippen LogP contribution in [0, 0.1) is 0 Å². The fraction of sp³-hybridized carbons (Fsp3) is 0.0769. The number of ketones is 1. The molecule has 2 aromatic rings. The van der Waals surface area contributed by atoms with Crippen LogP contribution in [0.3, 0.4) is 0 Å². The van der Waals surface area contributed by atoms with Gasteiger partial charge in [0, 0.05) is 16.2 Å². The Kier molecular flexibility index (Phi) is 3.99. The van der Waals surface area contributed by atoms with Crippen molar-refractivity contribution in [1.29, 1.82) is 0 Å². The van der Waals surface area contributed by atoms with Crippen LogP contribution in [0.5, 0.6) is 11.5 Å². The van der Waals surface area contributed by atoms with Crippen molar-refractivity contribution in [3.8, 4) is 11.5 Å². The van der Waals surface area contributed by atoms with E-state index in [2.05, 4.69) is 20.9 Å². The third-order valence-corrected chi connectivity index (χ3v) is 2.98. The number of nitrogens with zero attached hydrogens (tertiary/aromatic N) is 1. The molecule has 0 fully saturated rings. The minimum atomic E-state index is -0.0347. The number of halogens is 2. The second kappa shape index (κ2) is 5.50. The molecule has 1 aromatic carbocycles. The summed E-state index contributed by atoms with van der Waals surface area (Å²) in [4.78, 5) is 15.2. The molecule has 0 aliphatic carbocycles. The maximum atomic E-state index is 11.2. The molecule has 0 saturated carbocycles. The maximum absolute atomic E-state index is 11.2. The molecule has 0 unspecified atom stereocenters. The van der Waals surface area contributed by atoms with Crippen LogP contribution in [-0.2, 0) is 0 Å². The van der Waals surface area contributed by atoms with Gasteiger partial charge in [0.25, 0.3) is 0 Å². The molecule has 0 amide bonds. The Morgan fingerprint density at radius 2 is 2.11 bits per heavy atom. The Morgan fingerprint density at radius 1 is 1.33 bits per heavy atom. The Balaban J connectivity index is 2.27. The number of benzene rings is 1. The maximum Gasteiger partial charge on any atom is 0.159 e. The lowest BCUT2D eigenvalue weighted by molar-refractivity contribution is 0.101. The predicted octanol–water partition coefficient (Wildman–Crippen LogP) is 4.49. The summed E-state index contributed by atoms with van der Waals surface area (Å²) in [6.45, 7) is 1.49. The fourth-order valence-electron chi connectivity index (χ4n) is 1.38. The van der Waals surface area contributed by atoms with E-state index < -0.39 is 0 Å². The molecule has 0 aliphatic heterocycles. The quantitative estimate of drug-likeness (QED) is 0.780. The zero-order chi connectivity index (χ0) is 13.1. The van der Waals surface area contributed by atoms with Crippen molar-refractivity contribution in [3.05, 3.63) is 51.7 Å². The summed E-state index contributed by atoms with van der Waals surface area (Å²) < 4.78 is 6.41. The Bertz CT molecular complexity index is 601. The number of aromatic nitrogens is 1. The molecular weight excluding hydrogens is 318 g/mol. The monoisotopic (exact) mass is 325 g/mol. The summed E-state index contributed by atoms with van der Waals surface area (Å²) in [5.41, 5.74) is 0.555. The number of carbonyl (C=O) groups is 1. The third-order valence-electron chi connectivity index (χ3n) is 2.25. The predicted molar refractivity (Wildman–Crippen MR) is 73.5 cm³/mol. The summed E-state index contributed by atoms with van der Waals surface area (Å²) >= 11 is 9.36. The second-order valence-electron chi connectivity index (χ2n) is 3.64. The fourth-order valence-corrected chi connectivity index (χ4v) is 1.94. The average molecular weight is 327 g/mol. The van der Waals surface area contributed by atoms with Crippen LogP contribution < -0.4 is 4.74 Å².